The summed E-state index contributed by atoms with van der Waals surface area (Å²) in [6, 6.07) is 1.68. The molecule has 0 radical (unpaired) electrons. The Morgan fingerprint density at radius 1 is 1.47 bits per heavy atom. The van der Waals surface area contributed by atoms with Gasteiger partial charge in [-0.25, -0.2) is 8.42 Å². The minimum atomic E-state index is -3.36. The number of halogens is 1. The van der Waals surface area contributed by atoms with Gasteiger partial charge < -0.3 is 0 Å². The molecule has 1 heterocycles. The molecule has 0 fully saturated rings. The third-order valence-electron chi connectivity index (χ3n) is 2.45. The van der Waals surface area contributed by atoms with E-state index in [-0.39, 0.29) is 6.04 Å². The fourth-order valence-corrected chi connectivity index (χ4v) is 5.80. The van der Waals surface area contributed by atoms with Gasteiger partial charge in [0.15, 0.2) is 0 Å². The number of thiophene rings is 1. The van der Waals surface area contributed by atoms with E-state index in [4.69, 9.17) is 0 Å². The lowest BCUT2D eigenvalue weighted by atomic mass is 10.4. The van der Waals surface area contributed by atoms with E-state index in [1.54, 1.807) is 10.4 Å². The van der Waals surface area contributed by atoms with E-state index in [2.05, 4.69) is 15.9 Å². The number of sulfonamides is 1. The maximum atomic E-state index is 12.5. The second-order valence-electron chi connectivity index (χ2n) is 4.18. The molecule has 0 bridgehead atoms. The topological polar surface area (TPSA) is 37.4 Å². The quantitative estimate of drug-likeness (QED) is 0.821. The largest absolute Gasteiger partial charge is 0.244 e. The van der Waals surface area contributed by atoms with Crippen LogP contribution in [0.1, 0.15) is 32.1 Å². The molecule has 6 heteroatoms. The van der Waals surface area contributed by atoms with Crippen LogP contribution in [-0.2, 0) is 10.0 Å². The van der Waals surface area contributed by atoms with Crippen LogP contribution in [0.15, 0.2) is 14.7 Å². The van der Waals surface area contributed by atoms with E-state index in [9.17, 15) is 8.42 Å². The average Bonchev–Trinajstić information content (AvgIpc) is 2.54. The third kappa shape index (κ3) is 3.30. The van der Waals surface area contributed by atoms with E-state index in [1.807, 2.05) is 27.7 Å². The van der Waals surface area contributed by atoms with Crippen LogP contribution in [0.4, 0.5) is 0 Å². The van der Waals surface area contributed by atoms with Crippen LogP contribution < -0.4 is 0 Å². The highest BCUT2D eigenvalue weighted by atomic mass is 79.9. The number of hydrogen-bond donors (Lipinski definition) is 0. The van der Waals surface area contributed by atoms with Gasteiger partial charge >= 0.3 is 0 Å². The molecule has 98 valence electrons. The fraction of sp³-hybridized carbons (Fsp3) is 0.636. The van der Waals surface area contributed by atoms with E-state index in [1.165, 1.54) is 11.3 Å². The Morgan fingerprint density at radius 3 is 2.41 bits per heavy atom. The molecule has 0 N–H and O–H groups in total. The van der Waals surface area contributed by atoms with Crippen LogP contribution in [-0.4, -0.2) is 25.3 Å². The van der Waals surface area contributed by atoms with Crippen molar-refractivity contribution in [3.8, 4) is 0 Å². The smallest absolute Gasteiger partial charge is 0.207 e. The summed E-state index contributed by atoms with van der Waals surface area (Å²) in [7, 11) is -3.36. The predicted molar refractivity (Wildman–Crippen MR) is 76.1 cm³/mol. The first-order valence-corrected chi connectivity index (χ1v) is 8.63. The number of rotatable bonds is 5. The Balaban J connectivity index is 3.21. The Labute approximate surface area is 116 Å². The second kappa shape index (κ2) is 5.82. The molecule has 0 amide bonds. The van der Waals surface area contributed by atoms with Gasteiger partial charge in [-0.05, 0) is 49.2 Å². The molecule has 3 nitrogen and oxygen atoms in total. The number of nitrogens with zero attached hydrogens (tertiary/aromatic N) is 1. The van der Waals surface area contributed by atoms with Crippen molar-refractivity contribution in [1.82, 2.24) is 4.31 Å². The summed E-state index contributed by atoms with van der Waals surface area (Å²) in [5, 5.41) is 0. The minimum absolute atomic E-state index is 0.0157. The van der Waals surface area contributed by atoms with Crippen molar-refractivity contribution in [1.29, 1.82) is 0 Å². The molecule has 1 aromatic heterocycles. The maximum Gasteiger partial charge on any atom is 0.244 e. The third-order valence-corrected chi connectivity index (χ3v) is 6.33. The van der Waals surface area contributed by atoms with Gasteiger partial charge in [-0.15, -0.1) is 11.3 Å². The number of hydrogen-bond acceptors (Lipinski definition) is 3. The van der Waals surface area contributed by atoms with Crippen molar-refractivity contribution in [2.45, 2.75) is 45.1 Å². The Kier molecular flexibility index (Phi) is 5.19. The summed E-state index contributed by atoms with van der Waals surface area (Å²) in [4.78, 5) is 1.26. The zero-order valence-corrected chi connectivity index (χ0v) is 13.7. The van der Waals surface area contributed by atoms with Crippen LogP contribution in [0.5, 0.6) is 0 Å². The van der Waals surface area contributed by atoms with E-state index < -0.39 is 10.0 Å². The fourth-order valence-electron chi connectivity index (χ4n) is 1.69. The maximum absolute atomic E-state index is 12.5. The molecule has 0 aromatic carbocycles. The van der Waals surface area contributed by atoms with Gasteiger partial charge in [0.1, 0.15) is 0 Å². The molecule has 0 aliphatic carbocycles. The second-order valence-corrected chi connectivity index (χ2v) is 8.67. The van der Waals surface area contributed by atoms with Crippen LogP contribution in [0.2, 0.25) is 0 Å². The molecular formula is C11H18BrNO2S2. The van der Waals surface area contributed by atoms with Crippen LogP contribution in [0.25, 0.3) is 0 Å². The Morgan fingerprint density at radius 2 is 2.06 bits per heavy atom. The predicted octanol–water partition coefficient (Wildman–Crippen LogP) is 3.63. The molecule has 0 spiro atoms. The summed E-state index contributed by atoms with van der Waals surface area (Å²) < 4.78 is 27.4. The van der Waals surface area contributed by atoms with Crippen molar-refractivity contribution in [2.75, 3.05) is 6.54 Å². The Bertz CT molecular complexity index is 480. The van der Waals surface area contributed by atoms with Crippen molar-refractivity contribution < 1.29 is 8.42 Å². The monoisotopic (exact) mass is 339 g/mol. The molecule has 17 heavy (non-hydrogen) atoms. The molecule has 0 saturated carbocycles. The van der Waals surface area contributed by atoms with Crippen molar-refractivity contribution in [3.05, 3.63) is 14.7 Å². The SMILES string of the molecule is CCCN(C(C)C)S(=O)(=O)c1cc(Br)sc1C. The summed E-state index contributed by atoms with van der Waals surface area (Å²) in [5.74, 6) is 0. The molecule has 0 unspecified atom stereocenters. The van der Waals surface area contributed by atoms with Crippen molar-refractivity contribution in [3.63, 3.8) is 0 Å². The van der Waals surface area contributed by atoms with Gasteiger partial charge in [0.2, 0.25) is 10.0 Å². The summed E-state index contributed by atoms with van der Waals surface area (Å²) in [6.07, 6.45) is 0.821. The number of aryl methyl sites for hydroxylation is 1. The van der Waals surface area contributed by atoms with Gasteiger partial charge in [-0.1, -0.05) is 6.92 Å². The molecule has 0 aliphatic rings. The molecule has 1 aromatic rings. The summed E-state index contributed by atoms with van der Waals surface area (Å²) in [5.41, 5.74) is 0. The summed E-state index contributed by atoms with van der Waals surface area (Å²) in [6.45, 7) is 8.20. The van der Waals surface area contributed by atoms with Crippen molar-refractivity contribution >= 4 is 37.3 Å². The molecule has 1 rings (SSSR count). The van der Waals surface area contributed by atoms with Crippen LogP contribution >= 0.6 is 27.3 Å². The lowest BCUT2D eigenvalue weighted by Crippen LogP contribution is -2.37. The lowest BCUT2D eigenvalue weighted by Gasteiger charge is -2.25. The van der Waals surface area contributed by atoms with E-state index in [0.717, 1.165) is 15.1 Å². The lowest BCUT2D eigenvalue weighted by molar-refractivity contribution is 0.354. The van der Waals surface area contributed by atoms with Gasteiger partial charge in [-0.2, -0.15) is 4.31 Å². The molecule has 0 aliphatic heterocycles. The van der Waals surface area contributed by atoms with Crippen LogP contribution in [0.3, 0.4) is 0 Å². The first-order chi connectivity index (χ1) is 7.80. The van der Waals surface area contributed by atoms with Crippen molar-refractivity contribution in [2.24, 2.45) is 0 Å². The van der Waals surface area contributed by atoms with E-state index in [0.29, 0.717) is 11.4 Å². The highest BCUT2D eigenvalue weighted by molar-refractivity contribution is 9.11. The standard InChI is InChI=1S/C11H18BrNO2S2/c1-5-6-13(8(2)3)17(14,15)10-7-11(12)16-9(10)4/h7-8H,5-6H2,1-4H3. The normalized spacial score (nSPS) is 12.6. The summed E-state index contributed by atoms with van der Waals surface area (Å²) >= 11 is 4.79. The molecule has 0 atom stereocenters. The molecular weight excluding hydrogens is 322 g/mol. The van der Waals surface area contributed by atoms with Gasteiger partial charge in [0, 0.05) is 17.5 Å². The highest BCUT2D eigenvalue weighted by Crippen LogP contribution is 2.32. The Hall–Kier alpha value is 0.0900. The molecule has 0 saturated heterocycles. The van der Waals surface area contributed by atoms with Gasteiger partial charge in [0.05, 0.1) is 8.68 Å². The van der Waals surface area contributed by atoms with E-state index >= 15 is 0 Å². The van der Waals surface area contributed by atoms with Crippen LogP contribution in [0, 0.1) is 6.92 Å². The highest BCUT2D eigenvalue weighted by Gasteiger charge is 2.28. The first kappa shape index (κ1) is 15.1. The zero-order chi connectivity index (χ0) is 13.2. The first-order valence-electron chi connectivity index (χ1n) is 5.58. The average molecular weight is 340 g/mol. The minimum Gasteiger partial charge on any atom is -0.207 e. The van der Waals surface area contributed by atoms with Gasteiger partial charge in [0.25, 0.3) is 0 Å². The van der Waals surface area contributed by atoms with Gasteiger partial charge in [-0.3, -0.25) is 0 Å². The zero-order valence-electron chi connectivity index (χ0n) is 10.5.